The van der Waals surface area contributed by atoms with Gasteiger partial charge in [-0.25, -0.2) is 8.78 Å². The number of alkyl halides is 2. The summed E-state index contributed by atoms with van der Waals surface area (Å²) < 4.78 is 25.1. The first-order valence-corrected chi connectivity index (χ1v) is 5.67. The normalized spacial score (nSPS) is 17.8. The predicted octanol–water partition coefficient (Wildman–Crippen LogP) is 3.36. The summed E-state index contributed by atoms with van der Waals surface area (Å²) in [6.07, 6.45) is 1.47. The number of rotatable bonds is 4. The fraction of sp³-hybridized carbons (Fsp3) is 0.538. The van der Waals surface area contributed by atoms with Gasteiger partial charge < -0.3 is 5.73 Å². The Labute approximate surface area is 94.7 Å². The summed E-state index contributed by atoms with van der Waals surface area (Å²) in [4.78, 5) is 0. The maximum atomic E-state index is 12.5. The van der Waals surface area contributed by atoms with Crippen molar-refractivity contribution in [3.05, 3.63) is 34.9 Å². The molecule has 0 atom stereocenters. The Morgan fingerprint density at radius 1 is 1.38 bits per heavy atom. The molecule has 0 unspecified atom stereocenters. The van der Waals surface area contributed by atoms with E-state index in [4.69, 9.17) is 5.73 Å². The molecule has 2 rings (SSSR count). The summed E-state index contributed by atoms with van der Waals surface area (Å²) in [6.45, 7) is 1.96. The van der Waals surface area contributed by atoms with E-state index in [-0.39, 0.29) is 11.1 Å². The second kappa shape index (κ2) is 4.13. The molecule has 1 aliphatic rings. The standard InChI is InChI=1S/C13H17F2N/c1-9-2-3-11(12(14)15)8-10(9)4-5-13(16)6-7-13/h2-3,8,12H,4-7,16H2,1H3. The number of hydrogen-bond acceptors (Lipinski definition) is 1. The van der Waals surface area contributed by atoms with Gasteiger partial charge in [-0.1, -0.05) is 12.1 Å². The van der Waals surface area contributed by atoms with E-state index in [1.54, 1.807) is 12.1 Å². The Kier molecular flexibility index (Phi) is 2.98. The van der Waals surface area contributed by atoms with Crippen molar-refractivity contribution in [2.45, 2.75) is 44.6 Å². The average Bonchev–Trinajstić information content (AvgIpc) is 2.95. The molecule has 0 radical (unpaired) electrons. The third kappa shape index (κ3) is 2.59. The Balaban J connectivity index is 2.09. The lowest BCUT2D eigenvalue weighted by Gasteiger charge is -2.11. The monoisotopic (exact) mass is 225 g/mol. The number of hydrogen-bond donors (Lipinski definition) is 1. The van der Waals surface area contributed by atoms with Gasteiger partial charge in [-0.15, -0.1) is 0 Å². The van der Waals surface area contributed by atoms with Crippen LogP contribution in [0.4, 0.5) is 8.78 Å². The third-order valence-corrected chi connectivity index (χ3v) is 3.41. The van der Waals surface area contributed by atoms with Crippen LogP contribution in [0.15, 0.2) is 18.2 Å². The summed E-state index contributed by atoms with van der Waals surface area (Å²) in [5, 5.41) is 0. The zero-order valence-electron chi connectivity index (χ0n) is 9.47. The lowest BCUT2D eigenvalue weighted by Crippen LogP contribution is -2.22. The predicted molar refractivity (Wildman–Crippen MR) is 60.6 cm³/mol. The summed E-state index contributed by atoms with van der Waals surface area (Å²) in [7, 11) is 0. The molecule has 0 bridgehead atoms. The van der Waals surface area contributed by atoms with E-state index in [1.807, 2.05) is 6.92 Å². The fourth-order valence-electron chi connectivity index (χ4n) is 1.89. The van der Waals surface area contributed by atoms with Crippen molar-refractivity contribution in [1.29, 1.82) is 0 Å². The summed E-state index contributed by atoms with van der Waals surface area (Å²) in [6, 6.07) is 4.89. The summed E-state index contributed by atoms with van der Waals surface area (Å²) >= 11 is 0. The Morgan fingerprint density at radius 2 is 2.06 bits per heavy atom. The van der Waals surface area contributed by atoms with Crippen molar-refractivity contribution < 1.29 is 8.78 Å². The van der Waals surface area contributed by atoms with E-state index in [0.717, 1.165) is 36.8 Å². The first-order valence-electron chi connectivity index (χ1n) is 5.67. The lowest BCUT2D eigenvalue weighted by molar-refractivity contribution is 0.151. The van der Waals surface area contributed by atoms with Gasteiger partial charge in [0.05, 0.1) is 0 Å². The van der Waals surface area contributed by atoms with Crippen molar-refractivity contribution in [3.63, 3.8) is 0 Å². The van der Waals surface area contributed by atoms with E-state index in [0.29, 0.717) is 0 Å². The molecule has 2 N–H and O–H groups in total. The van der Waals surface area contributed by atoms with Crippen LogP contribution < -0.4 is 5.73 Å². The van der Waals surface area contributed by atoms with Gasteiger partial charge in [0.25, 0.3) is 6.43 Å². The molecule has 1 aromatic carbocycles. The molecular weight excluding hydrogens is 208 g/mol. The molecule has 1 nitrogen and oxygen atoms in total. The molecule has 3 heteroatoms. The zero-order valence-corrected chi connectivity index (χ0v) is 9.47. The van der Waals surface area contributed by atoms with Gasteiger partial charge in [0.15, 0.2) is 0 Å². The summed E-state index contributed by atoms with van der Waals surface area (Å²) in [5.74, 6) is 0. The van der Waals surface area contributed by atoms with Gasteiger partial charge in [0, 0.05) is 11.1 Å². The van der Waals surface area contributed by atoms with Gasteiger partial charge in [-0.3, -0.25) is 0 Å². The average molecular weight is 225 g/mol. The fourth-order valence-corrected chi connectivity index (χ4v) is 1.89. The van der Waals surface area contributed by atoms with Crippen LogP contribution in [0.3, 0.4) is 0 Å². The van der Waals surface area contributed by atoms with Crippen molar-refractivity contribution >= 4 is 0 Å². The van der Waals surface area contributed by atoms with Crippen LogP contribution in [-0.2, 0) is 6.42 Å². The molecule has 0 aliphatic heterocycles. The molecule has 16 heavy (non-hydrogen) atoms. The first kappa shape index (κ1) is 11.5. The van der Waals surface area contributed by atoms with Gasteiger partial charge in [-0.05, 0) is 49.8 Å². The molecule has 0 aromatic heterocycles. The molecule has 1 aromatic rings. The minimum absolute atomic E-state index is 0.00667. The minimum atomic E-state index is -2.38. The van der Waals surface area contributed by atoms with Crippen LogP contribution in [0.5, 0.6) is 0 Å². The maximum absolute atomic E-state index is 12.5. The number of aryl methyl sites for hydroxylation is 2. The van der Waals surface area contributed by atoms with Gasteiger partial charge in [-0.2, -0.15) is 0 Å². The molecule has 1 fully saturated rings. The Morgan fingerprint density at radius 3 is 2.62 bits per heavy atom. The molecule has 1 saturated carbocycles. The van der Waals surface area contributed by atoms with Crippen molar-refractivity contribution in [2.75, 3.05) is 0 Å². The van der Waals surface area contributed by atoms with Gasteiger partial charge in [0.1, 0.15) is 0 Å². The lowest BCUT2D eigenvalue weighted by atomic mass is 9.98. The van der Waals surface area contributed by atoms with Crippen molar-refractivity contribution in [1.82, 2.24) is 0 Å². The topological polar surface area (TPSA) is 26.0 Å². The Hall–Kier alpha value is -0.960. The van der Waals surface area contributed by atoms with Crippen molar-refractivity contribution in [2.24, 2.45) is 5.73 Å². The van der Waals surface area contributed by atoms with Crippen LogP contribution in [0.1, 0.15) is 42.4 Å². The van der Waals surface area contributed by atoms with Crippen LogP contribution in [0.2, 0.25) is 0 Å². The van der Waals surface area contributed by atoms with Crippen LogP contribution in [-0.4, -0.2) is 5.54 Å². The van der Waals surface area contributed by atoms with Crippen molar-refractivity contribution in [3.8, 4) is 0 Å². The number of nitrogens with two attached hydrogens (primary N) is 1. The van der Waals surface area contributed by atoms with E-state index < -0.39 is 6.43 Å². The second-order valence-electron chi connectivity index (χ2n) is 4.85. The molecule has 88 valence electrons. The third-order valence-electron chi connectivity index (χ3n) is 3.41. The molecular formula is C13H17F2N. The smallest absolute Gasteiger partial charge is 0.263 e. The van der Waals surface area contributed by atoms with Crippen LogP contribution in [0, 0.1) is 6.92 Å². The van der Waals surface area contributed by atoms with E-state index in [2.05, 4.69) is 0 Å². The maximum Gasteiger partial charge on any atom is 0.263 e. The quantitative estimate of drug-likeness (QED) is 0.835. The highest BCUT2D eigenvalue weighted by Gasteiger charge is 2.37. The molecule has 0 saturated heterocycles. The van der Waals surface area contributed by atoms with Crippen LogP contribution in [0.25, 0.3) is 0 Å². The van der Waals surface area contributed by atoms with Crippen LogP contribution >= 0.6 is 0 Å². The molecule has 0 heterocycles. The largest absolute Gasteiger partial charge is 0.325 e. The SMILES string of the molecule is Cc1ccc(C(F)F)cc1CCC1(N)CC1. The van der Waals surface area contributed by atoms with Gasteiger partial charge >= 0.3 is 0 Å². The molecule has 0 spiro atoms. The highest BCUT2D eigenvalue weighted by Crippen LogP contribution is 2.37. The summed E-state index contributed by atoms with van der Waals surface area (Å²) in [5.41, 5.74) is 8.19. The van der Waals surface area contributed by atoms with E-state index in [9.17, 15) is 8.78 Å². The second-order valence-corrected chi connectivity index (χ2v) is 4.85. The highest BCUT2D eigenvalue weighted by molar-refractivity contribution is 5.32. The zero-order chi connectivity index (χ0) is 11.8. The number of halogens is 2. The van der Waals surface area contributed by atoms with Gasteiger partial charge in [0.2, 0.25) is 0 Å². The Bertz CT molecular complexity index is 384. The molecule has 1 aliphatic carbocycles. The van der Waals surface area contributed by atoms with E-state index in [1.165, 1.54) is 6.07 Å². The highest BCUT2D eigenvalue weighted by atomic mass is 19.3. The first-order chi connectivity index (χ1) is 7.50. The minimum Gasteiger partial charge on any atom is -0.325 e. The molecule has 0 amide bonds. The number of benzene rings is 1. The van der Waals surface area contributed by atoms with E-state index >= 15 is 0 Å².